The number of hydrogen-bond donors (Lipinski definition) is 2. The number of halogens is 1. The molecular weight excluding hydrogens is 372 g/mol. The summed E-state index contributed by atoms with van der Waals surface area (Å²) >= 11 is 0. The number of benzene rings is 2. The van der Waals surface area contributed by atoms with E-state index in [1.165, 1.54) is 5.56 Å². The Morgan fingerprint density at radius 2 is 1.71 bits per heavy atom. The number of amides is 1. The van der Waals surface area contributed by atoms with Gasteiger partial charge in [-0.15, -0.1) is 12.4 Å². The highest BCUT2D eigenvalue weighted by molar-refractivity contribution is 5.93. The Morgan fingerprint density at radius 3 is 2.36 bits per heavy atom. The Bertz CT molecular complexity index is 875. The molecule has 3 rings (SSSR count). The Balaban J connectivity index is 0.00000280. The smallest absolute Gasteiger partial charge is 0.254 e. The molecule has 1 heterocycles. The largest absolute Gasteiger partial charge is 0.350 e. The molecule has 0 bridgehead atoms. The average Bonchev–Trinajstić information content (AvgIpc) is 3.15. The summed E-state index contributed by atoms with van der Waals surface area (Å²) in [4.78, 5) is 12.4. The lowest BCUT2D eigenvalue weighted by Crippen LogP contribution is -2.31. The van der Waals surface area contributed by atoms with Crippen molar-refractivity contribution >= 4 is 18.3 Å². The lowest BCUT2D eigenvalue weighted by molar-refractivity contribution is 0.0951. The number of nitrogens with two attached hydrogens (primary N) is 1. The van der Waals surface area contributed by atoms with E-state index in [9.17, 15) is 4.79 Å². The molecule has 0 fully saturated rings. The van der Waals surface area contributed by atoms with Crippen LogP contribution in [0.25, 0.3) is 0 Å². The summed E-state index contributed by atoms with van der Waals surface area (Å²) < 4.78 is 1.76. The van der Waals surface area contributed by atoms with Gasteiger partial charge in [-0.25, -0.2) is 0 Å². The van der Waals surface area contributed by atoms with E-state index in [0.717, 1.165) is 11.1 Å². The fourth-order valence-electron chi connectivity index (χ4n) is 2.89. The van der Waals surface area contributed by atoms with Gasteiger partial charge in [0.15, 0.2) is 0 Å². The fourth-order valence-corrected chi connectivity index (χ4v) is 2.89. The first-order chi connectivity index (χ1) is 13.0. The quantitative estimate of drug-likeness (QED) is 0.633. The number of nitrogens with one attached hydrogen (secondary N) is 1. The van der Waals surface area contributed by atoms with Gasteiger partial charge in [0.25, 0.3) is 5.91 Å². The predicted molar refractivity (Wildman–Crippen MR) is 115 cm³/mol. The van der Waals surface area contributed by atoms with Crippen LogP contribution in [0.4, 0.5) is 0 Å². The molecule has 28 heavy (non-hydrogen) atoms. The van der Waals surface area contributed by atoms with Crippen LogP contribution < -0.4 is 11.1 Å². The summed E-state index contributed by atoms with van der Waals surface area (Å²) in [5, 5.41) is 7.16. The molecule has 148 valence electrons. The third kappa shape index (κ3) is 5.68. The minimum Gasteiger partial charge on any atom is -0.350 e. The first-order valence-corrected chi connectivity index (χ1v) is 9.23. The van der Waals surface area contributed by atoms with E-state index in [1.54, 1.807) is 17.1 Å². The lowest BCUT2D eigenvalue weighted by Gasteiger charge is -2.14. The van der Waals surface area contributed by atoms with E-state index in [1.807, 2.05) is 42.5 Å². The molecule has 2 aromatic carbocycles. The Kier molecular flexibility index (Phi) is 7.79. The Morgan fingerprint density at radius 1 is 1.07 bits per heavy atom. The maximum absolute atomic E-state index is 12.4. The summed E-state index contributed by atoms with van der Waals surface area (Å²) in [6.07, 6.45) is 3.34. The van der Waals surface area contributed by atoms with Gasteiger partial charge >= 0.3 is 0 Å². The third-order valence-corrected chi connectivity index (χ3v) is 4.60. The second kappa shape index (κ2) is 10.1. The molecule has 1 atom stereocenters. The molecule has 6 heteroatoms. The van der Waals surface area contributed by atoms with Crippen molar-refractivity contribution in [2.45, 2.75) is 32.4 Å². The number of aromatic nitrogens is 2. The molecule has 0 aliphatic rings. The molecule has 3 aromatic rings. The van der Waals surface area contributed by atoms with Crippen LogP contribution >= 0.6 is 12.4 Å². The van der Waals surface area contributed by atoms with Gasteiger partial charge in [-0.3, -0.25) is 9.48 Å². The molecule has 1 amide bonds. The van der Waals surface area contributed by atoms with Gasteiger partial charge in [0.05, 0.1) is 18.3 Å². The second-order valence-electron chi connectivity index (χ2n) is 7.05. The van der Waals surface area contributed by atoms with Crippen LogP contribution in [0.5, 0.6) is 0 Å². The van der Waals surface area contributed by atoms with Gasteiger partial charge in [0.2, 0.25) is 0 Å². The average molecular weight is 399 g/mol. The number of rotatable bonds is 7. The van der Waals surface area contributed by atoms with E-state index in [4.69, 9.17) is 5.73 Å². The SMILES string of the molecule is CC(C)c1ccc(C(N)CNC(=O)c2cnn(Cc3ccccc3)c2)cc1.Cl. The predicted octanol–water partition coefficient (Wildman–Crippen LogP) is 3.91. The van der Waals surface area contributed by atoms with Crippen molar-refractivity contribution < 1.29 is 4.79 Å². The molecular formula is C22H27ClN4O. The maximum Gasteiger partial charge on any atom is 0.254 e. The molecule has 5 nitrogen and oxygen atoms in total. The highest BCUT2D eigenvalue weighted by atomic mass is 35.5. The zero-order chi connectivity index (χ0) is 19.2. The van der Waals surface area contributed by atoms with Crippen molar-refractivity contribution in [1.29, 1.82) is 0 Å². The molecule has 0 spiro atoms. The van der Waals surface area contributed by atoms with Crippen molar-refractivity contribution in [3.8, 4) is 0 Å². The summed E-state index contributed by atoms with van der Waals surface area (Å²) in [5.41, 5.74) is 10.2. The summed E-state index contributed by atoms with van der Waals surface area (Å²) in [6.45, 7) is 5.33. The van der Waals surface area contributed by atoms with Crippen LogP contribution in [0.15, 0.2) is 67.0 Å². The Labute approximate surface area is 172 Å². The van der Waals surface area contributed by atoms with E-state index >= 15 is 0 Å². The number of carbonyl (C=O) groups excluding carboxylic acids is 1. The highest BCUT2D eigenvalue weighted by Crippen LogP contribution is 2.17. The highest BCUT2D eigenvalue weighted by Gasteiger charge is 2.12. The van der Waals surface area contributed by atoms with Crippen molar-refractivity contribution in [1.82, 2.24) is 15.1 Å². The molecule has 0 aliphatic carbocycles. The third-order valence-electron chi connectivity index (χ3n) is 4.60. The van der Waals surface area contributed by atoms with Gasteiger partial charge in [-0.1, -0.05) is 68.4 Å². The summed E-state index contributed by atoms with van der Waals surface area (Å²) in [6, 6.07) is 18.0. The van der Waals surface area contributed by atoms with Crippen LogP contribution in [0.3, 0.4) is 0 Å². The molecule has 0 radical (unpaired) electrons. The second-order valence-corrected chi connectivity index (χ2v) is 7.05. The zero-order valence-corrected chi connectivity index (χ0v) is 17.0. The van der Waals surface area contributed by atoms with Crippen LogP contribution in [0.2, 0.25) is 0 Å². The van der Waals surface area contributed by atoms with Crippen molar-refractivity contribution in [3.05, 3.63) is 89.2 Å². The molecule has 1 aromatic heterocycles. The molecule has 0 saturated heterocycles. The number of hydrogen-bond acceptors (Lipinski definition) is 3. The normalized spacial score (nSPS) is 11.7. The molecule has 0 aliphatic heterocycles. The molecule has 3 N–H and O–H groups in total. The molecule has 0 saturated carbocycles. The van der Waals surface area contributed by atoms with Gasteiger partial charge in [0, 0.05) is 18.8 Å². The first kappa shape index (κ1) is 21.7. The van der Waals surface area contributed by atoms with Crippen LogP contribution in [0.1, 0.15) is 52.9 Å². The summed E-state index contributed by atoms with van der Waals surface area (Å²) in [5.74, 6) is 0.325. The Hall–Kier alpha value is -2.63. The minimum atomic E-state index is -0.241. The van der Waals surface area contributed by atoms with Crippen molar-refractivity contribution in [2.24, 2.45) is 5.73 Å². The van der Waals surface area contributed by atoms with E-state index < -0.39 is 0 Å². The van der Waals surface area contributed by atoms with Gasteiger partial charge < -0.3 is 11.1 Å². The molecule has 1 unspecified atom stereocenters. The van der Waals surface area contributed by atoms with Crippen LogP contribution in [-0.2, 0) is 6.54 Å². The van der Waals surface area contributed by atoms with Gasteiger partial charge in [0.1, 0.15) is 0 Å². The van der Waals surface area contributed by atoms with Crippen LogP contribution in [0, 0.1) is 0 Å². The summed E-state index contributed by atoms with van der Waals surface area (Å²) in [7, 11) is 0. The zero-order valence-electron chi connectivity index (χ0n) is 16.2. The van der Waals surface area contributed by atoms with Gasteiger partial charge in [-0.2, -0.15) is 5.10 Å². The monoisotopic (exact) mass is 398 g/mol. The van der Waals surface area contributed by atoms with Crippen LogP contribution in [-0.4, -0.2) is 22.2 Å². The maximum atomic E-state index is 12.4. The van der Waals surface area contributed by atoms with Gasteiger partial charge in [-0.05, 0) is 22.6 Å². The fraction of sp³-hybridized carbons (Fsp3) is 0.273. The topological polar surface area (TPSA) is 72.9 Å². The van der Waals surface area contributed by atoms with Crippen molar-refractivity contribution in [2.75, 3.05) is 6.54 Å². The lowest BCUT2D eigenvalue weighted by atomic mass is 9.99. The van der Waals surface area contributed by atoms with E-state index in [0.29, 0.717) is 24.6 Å². The number of carbonyl (C=O) groups is 1. The first-order valence-electron chi connectivity index (χ1n) is 9.23. The number of nitrogens with zero attached hydrogens (tertiary/aromatic N) is 2. The van der Waals surface area contributed by atoms with E-state index in [2.05, 4.69) is 36.4 Å². The van der Waals surface area contributed by atoms with Crippen molar-refractivity contribution in [3.63, 3.8) is 0 Å². The standard InChI is InChI=1S/C22H26N4O.ClH/c1-16(2)18-8-10-19(11-9-18)21(23)13-24-22(27)20-12-25-26(15-20)14-17-6-4-3-5-7-17;/h3-12,15-16,21H,13-14,23H2,1-2H3,(H,24,27);1H. The minimum absolute atomic E-state index is 0. The van der Waals surface area contributed by atoms with E-state index in [-0.39, 0.29) is 24.4 Å².